The molecular weight excluding hydrogens is 214 g/mol. The lowest BCUT2D eigenvalue weighted by atomic mass is 9.96. The van der Waals surface area contributed by atoms with Gasteiger partial charge >= 0.3 is 0 Å². The molecule has 3 nitrogen and oxygen atoms in total. The zero-order chi connectivity index (χ0) is 10.8. The summed E-state index contributed by atoms with van der Waals surface area (Å²) >= 11 is 5.77. The van der Waals surface area contributed by atoms with Crippen LogP contribution in [-0.2, 0) is 4.74 Å². The first kappa shape index (κ1) is 10.5. The van der Waals surface area contributed by atoms with Gasteiger partial charge in [0.2, 0.25) is 0 Å². The molecule has 0 unspecified atom stereocenters. The summed E-state index contributed by atoms with van der Waals surface area (Å²) in [5.74, 6) is 0.00939. The fraction of sp³-hybridized carbons (Fsp3) is 0.364. The topological polar surface area (TPSA) is 52.3 Å². The Labute approximate surface area is 93.2 Å². The van der Waals surface area contributed by atoms with E-state index in [2.05, 4.69) is 0 Å². The second kappa shape index (κ2) is 4.21. The molecule has 80 valence electrons. The minimum absolute atomic E-state index is 0.0477. The number of benzene rings is 1. The van der Waals surface area contributed by atoms with Crippen molar-refractivity contribution < 1.29 is 9.53 Å². The van der Waals surface area contributed by atoms with E-state index in [1.807, 2.05) is 0 Å². The summed E-state index contributed by atoms with van der Waals surface area (Å²) in [4.78, 5) is 12.0. The van der Waals surface area contributed by atoms with Crippen LogP contribution < -0.4 is 5.73 Å². The van der Waals surface area contributed by atoms with Gasteiger partial charge in [-0.15, -0.1) is 0 Å². The van der Waals surface area contributed by atoms with Gasteiger partial charge in [0, 0.05) is 28.8 Å². The number of halogens is 1. The summed E-state index contributed by atoms with van der Waals surface area (Å²) in [6.07, 6.45) is 0.779. The fourth-order valence-corrected chi connectivity index (χ4v) is 1.90. The van der Waals surface area contributed by atoms with Gasteiger partial charge in [-0.05, 0) is 24.6 Å². The number of carbonyl (C=O) groups excluding carboxylic acids is 1. The predicted octanol–water partition coefficient (Wildman–Crippen LogP) is 2.14. The Balaban J connectivity index is 2.24. The number of hydrogen-bond acceptors (Lipinski definition) is 3. The number of nitrogen functional groups attached to an aromatic ring is 1. The van der Waals surface area contributed by atoms with Gasteiger partial charge in [-0.25, -0.2) is 0 Å². The Bertz CT molecular complexity index is 386. The maximum Gasteiger partial charge on any atom is 0.170 e. The molecule has 1 aromatic rings. The molecule has 0 bridgehead atoms. The van der Waals surface area contributed by atoms with Crippen LogP contribution in [-0.4, -0.2) is 19.0 Å². The van der Waals surface area contributed by atoms with Crippen molar-refractivity contribution in [1.29, 1.82) is 0 Å². The van der Waals surface area contributed by atoms with Crippen molar-refractivity contribution in [3.63, 3.8) is 0 Å². The zero-order valence-electron chi connectivity index (χ0n) is 8.20. The van der Waals surface area contributed by atoms with Crippen molar-refractivity contribution in [3.8, 4) is 0 Å². The van der Waals surface area contributed by atoms with E-state index in [0.717, 1.165) is 6.42 Å². The van der Waals surface area contributed by atoms with E-state index in [0.29, 0.717) is 29.5 Å². The second-order valence-corrected chi connectivity index (χ2v) is 4.09. The fourth-order valence-electron chi connectivity index (χ4n) is 1.72. The lowest BCUT2D eigenvalue weighted by Gasteiger charge is -2.09. The van der Waals surface area contributed by atoms with E-state index in [1.54, 1.807) is 18.2 Å². The molecule has 0 spiro atoms. The van der Waals surface area contributed by atoms with Crippen molar-refractivity contribution >= 4 is 23.1 Å². The van der Waals surface area contributed by atoms with Gasteiger partial charge in [-0.3, -0.25) is 4.79 Å². The van der Waals surface area contributed by atoms with Gasteiger partial charge in [-0.2, -0.15) is 0 Å². The van der Waals surface area contributed by atoms with E-state index < -0.39 is 0 Å². The quantitative estimate of drug-likeness (QED) is 0.620. The number of Topliss-reactive ketones (excluding diaryl/α,β-unsaturated/α-hetero) is 1. The molecule has 1 atom stereocenters. The molecule has 1 aliphatic heterocycles. The highest BCUT2D eigenvalue weighted by molar-refractivity contribution is 6.31. The summed E-state index contributed by atoms with van der Waals surface area (Å²) in [5, 5.41) is 0.548. The number of anilines is 1. The minimum Gasteiger partial charge on any atom is -0.398 e. The molecule has 0 amide bonds. The van der Waals surface area contributed by atoms with Gasteiger partial charge in [0.05, 0.1) is 6.61 Å². The van der Waals surface area contributed by atoms with Crippen molar-refractivity contribution in [2.75, 3.05) is 18.9 Å². The third kappa shape index (κ3) is 2.13. The lowest BCUT2D eigenvalue weighted by Crippen LogP contribution is -2.16. The third-order valence-corrected chi connectivity index (χ3v) is 2.81. The van der Waals surface area contributed by atoms with Crippen LogP contribution >= 0.6 is 11.6 Å². The minimum atomic E-state index is -0.0477. The molecule has 0 saturated carbocycles. The van der Waals surface area contributed by atoms with Crippen LogP contribution in [0.4, 0.5) is 5.69 Å². The summed E-state index contributed by atoms with van der Waals surface area (Å²) in [6.45, 7) is 1.16. The molecule has 1 aromatic carbocycles. The van der Waals surface area contributed by atoms with Crippen LogP contribution in [0.1, 0.15) is 16.8 Å². The van der Waals surface area contributed by atoms with Gasteiger partial charge in [0.1, 0.15) is 0 Å². The summed E-state index contributed by atoms with van der Waals surface area (Å²) in [7, 11) is 0. The molecule has 0 aliphatic carbocycles. The summed E-state index contributed by atoms with van der Waals surface area (Å²) in [6, 6.07) is 4.96. The Kier molecular flexibility index (Phi) is 2.93. The van der Waals surface area contributed by atoms with E-state index in [9.17, 15) is 4.79 Å². The number of ether oxygens (including phenoxy) is 1. The molecule has 4 heteroatoms. The monoisotopic (exact) mass is 225 g/mol. The van der Waals surface area contributed by atoms with Crippen LogP contribution in [0.2, 0.25) is 5.02 Å². The van der Waals surface area contributed by atoms with Crippen LogP contribution in [0.3, 0.4) is 0 Å². The van der Waals surface area contributed by atoms with E-state index in [-0.39, 0.29) is 11.7 Å². The van der Waals surface area contributed by atoms with Crippen molar-refractivity contribution in [3.05, 3.63) is 28.8 Å². The zero-order valence-corrected chi connectivity index (χ0v) is 8.96. The second-order valence-electron chi connectivity index (χ2n) is 3.66. The maximum atomic E-state index is 12.0. The molecule has 15 heavy (non-hydrogen) atoms. The first-order valence-electron chi connectivity index (χ1n) is 4.85. The lowest BCUT2D eigenvalue weighted by molar-refractivity contribution is 0.0901. The van der Waals surface area contributed by atoms with E-state index >= 15 is 0 Å². The number of nitrogens with two attached hydrogens (primary N) is 1. The van der Waals surface area contributed by atoms with E-state index in [4.69, 9.17) is 22.1 Å². The number of ketones is 1. The van der Waals surface area contributed by atoms with Crippen molar-refractivity contribution in [1.82, 2.24) is 0 Å². The van der Waals surface area contributed by atoms with Crippen LogP contribution in [0.25, 0.3) is 0 Å². The number of rotatable bonds is 2. The highest BCUT2D eigenvalue weighted by atomic mass is 35.5. The molecule has 1 saturated heterocycles. The first-order chi connectivity index (χ1) is 7.18. The highest BCUT2D eigenvalue weighted by Gasteiger charge is 2.25. The normalized spacial score (nSPS) is 20.5. The van der Waals surface area contributed by atoms with Crippen molar-refractivity contribution in [2.45, 2.75) is 6.42 Å². The number of hydrogen-bond donors (Lipinski definition) is 1. The average Bonchev–Trinajstić information content (AvgIpc) is 2.69. The molecule has 1 aliphatic rings. The summed E-state index contributed by atoms with van der Waals surface area (Å²) in [5.41, 5.74) is 6.74. The van der Waals surface area contributed by atoms with Gasteiger partial charge in [-0.1, -0.05) is 11.6 Å². The average molecular weight is 226 g/mol. The molecule has 0 radical (unpaired) electrons. The molecule has 0 aromatic heterocycles. The Morgan fingerprint density at radius 2 is 2.33 bits per heavy atom. The first-order valence-corrected chi connectivity index (χ1v) is 5.23. The molecular formula is C11H12ClNO2. The van der Waals surface area contributed by atoms with Gasteiger partial charge in [0.25, 0.3) is 0 Å². The number of carbonyl (C=O) groups is 1. The highest BCUT2D eigenvalue weighted by Crippen LogP contribution is 2.24. The van der Waals surface area contributed by atoms with Crippen LogP contribution in [0.15, 0.2) is 18.2 Å². The Morgan fingerprint density at radius 1 is 1.53 bits per heavy atom. The van der Waals surface area contributed by atoms with Crippen LogP contribution in [0, 0.1) is 5.92 Å². The Morgan fingerprint density at radius 3 is 2.93 bits per heavy atom. The van der Waals surface area contributed by atoms with Crippen LogP contribution in [0.5, 0.6) is 0 Å². The van der Waals surface area contributed by atoms with E-state index in [1.165, 1.54) is 0 Å². The molecule has 2 N–H and O–H groups in total. The SMILES string of the molecule is Nc1cc(Cl)ccc1C(=O)[C@H]1CCOC1. The van der Waals surface area contributed by atoms with Gasteiger partial charge < -0.3 is 10.5 Å². The summed E-state index contributed by atoms with van der Waals surface area (Å²) < 4.78 is 5.18. The predicted molar refractivity (Wildman–Crippen MR) is 59.1 cm³/mol. The molecule has 2 rings (SSSR count). The molecule has 1 fully saturated rings. The maximum absolute atomic E-state index is 12.0. The van der Waals surface area contributed by atoms with Crippen molar-refractivity contribution in [2.24, 2.45) is 5.92 Å². The largest absolute Gasteiger partial charge is 0.398 e. The third-order valence-electron chi connectivity index (χ3n) is 2.58. The van der Waals surface area contributed by atoms with Gasteiger partial charge in [0.15, 0.2) is 5.78 Å². The molecule has 1 heterocycles. The standard InChI is InChI=1S/C11H12ClNO2/c12-8-1-2-9(10(13)5-8)11(14)7-3-4-15-6-7/h1-2,5,7H,3-4,6,13H2/t7-/m0/s1. The smallest absolute Gasteiger partial charge is 0.170 e. The Hall–Kier alpha value is -1.06.